The molecule has 0 aliphatic heterocycles. The molecule has 0 bridgehead atoms. The van der Waals surface area contributed by atoms with E-state index in [-0.39, 0.29) is 21.7 Å². The van der Waals surface area contributed by atoms with Crippen molar-refractivity contribution in [3.63, 3.8) is 0 Å². The number of hydrogen-bond acceptors (Lipinski definition) is 2. The van der Waals surface area contributed by atoms with Crippen molar-refractivity contribution in [3.05, 3.63) is 167 Å². The molecular weight excluding hydrogens is 777 g/mol. The third-order valence-corrected chi connectivity index (χ3v) is 13.2. The van der Waals surface area contributed by atoms with Crippen molar-refractivity contribution < 1.29 is 0 Å². The average molecular weight is 835 g/mol. The summed E-state index contributed by atoms with van der Waals surface area (Å²) in [5.74, 6) is 0. The molecule has 0 aliphatic rings. The molecule has 7 aromatic carbocycles. The summed E-state index contributed by atoms with van der Waals surface area (Å²) in [7, 11) is 0. The summed E-state index contributed by atoms with van der Waals surface area (Å²) in [6, 6.07) is 53.5. The van der Waals surface area contributed by atoms with Crippen LogP contribution in [0.4, 0.5) is 0 Å². The zero-order chi connectivity index (χ0) is 45.7. The lowest BCUT2D eigenvalue weighted by molar-refractivity contribution is 0.590. The van der Waals surface area contributed by atoms with Gasteiger partial charge >= 0.3 is 0 Å². The molecule has 9 aromatic rings. The number of aromatic nitrogens is 2. The van der Waals surface area contributed by atoms with Gasteiger partial charge in [-0.25, -0.2) is 0 Å². The van der Waals surface area contributed by atoms with E-state index in [4.69, 9.17) is 0 Å². The predicted octanol–water partition coefficient (Wildman–Crippen LogP) is 16.1. The van der Waals surface area contributed by atoms with Crippen LogP contribution in [-0.4, -0.2) is 9.13 Å². The summed E-state index contributed by atoms with van der Waals surface area (Å²) < 4.78 is 4.97. The molecule has 0 unspecified atom stereocenters. The van der Waals surface area contributed by atoms with Crippen molar-refractivity contribution in [3.8, 4) is 45.8 Å². The lowest BCUT2D eigenvalue weighted by Gasteiger charge is -2.25. The van der Waals surface area contributed by atoms with Crippen molar-refractivity contribution in [1.29, 1.82) is 10.5 Å². The highest BCUT2D eigenvalue weighted by Gasteiger charge is 2.28. The Hall–Kier alpha value is -6.88. The van der Waals surface area contributed by atoms with E-state index in [1.165, 1.54) is 43.8 Å². The minimum absolute atomic E-state index is 0.0980. The van der Waals surface area contributed by atoms with Crippen LogP contribution in [0.25, 0.3) is 77.2 Å². The molecule has 0 spiro atoms. The Kier molecular flexibility index (Phi) is 9.85. The highest BCUT2D eigenvalue weighted by Crippen LogP contribution is 2.46. The standard InChI is InChI=1S/C60H58N4/c1-57(2,3)42-19-23-46-47-24-20-43(58(4,5)6)32-51(47)63(50(46)31-42)54-29-41(39-17-13-15-37(27-39)35-61)30-55(56(54)40-18-14-16-38(28-40)36-62)64-52-33-44(59(7,8)9)21-25-48(52)49-26-22-45(34-53(49)64)60(10,11)12/h13-34H,1-12H3. The molecule has 2 aromatic heterocycles. The van der Waals surface area contributed by atoms with E-state index in [0.29, 0.717) is 11.1 Å². The van der Waals surface area contributed by atoms with Gasteiger partial charge < -0.3 is 9.13 Å². The Morgan fingerprint density at radius 1 is 0.344 bits per heavy atom. The first-order valence-corrected chi connectivity index (χ1v) is 22.5. The molecule has 0 fully saturated rings. The molecule has 4 heteroatoms. The second-order valence-electron chi connectivity index (χ2n) is 21.9. The summed E-state index contributed by atoms with van der Waals surface area (Å²) in [5.41, 5.74) is 16.2. The maximum absolute atomic E-state index is 10.5. The van der Waals surface area contributed by atoms with E-state index in [1.54, 1.807) is 0 Å². The zero-order valence-corrected chi connectivity index (χ0v) is 39.5. The fraction of sp³-hybridized carbons (Fsp3) is 0.267. The third-order valence-electron chi connectivity index (χ3n) is 13.2. The molecule has 2 heterocycles. The van der Waals surface area contributed by atoms with Crippen LogP contribution in [0.2, 0.25) is 0 Å². The fourth-order valence-electron chi connectivity index (χ4n) is 9.36. The lowest BCUT2D eigenvalue weighted by atomic mass is 9.86. The van der Waals surface area contributed by atoms with Gasteiger partial charge in [-0.15, -0.1) is 0 Å². The molecule has 0 radical (unpaired) electrons. The first-order chi connectivity index (χ1) is 30.1. The third kappa shape index (κ3) is 7.26. The molecule has 4 nitrogen and oxygen atoms in total. The Balaban J connectivity index is 1.58. The van der Waals surface area contributed by atoms with Crippen molar-refractivity contribution in [2.24, 2.45) is 0 Å². The van der Waals surface area contributed by atoms with Crippen LogP contribution in [0.15, 0.2) is 133 Å². The summed E-state index contributed by atoms with van der Waals surface area (Å²) in [4.78, 5) is 0. The van der Waals surface area contributed by atoms with E-state index < -0.39 is 0 Å². The summed E-state index contributed by atoms with van der Waals surface area (Å²) in [5, 5.41) is 25.4. The Bertz CT molecular complexity index is 3120. The SMILES string of the molecule is CC(C)(C)c1ccc2c3ccc(C(C)(C)C)cc3n(-c3cc(-c4cccc(C#N)c4)cc(-n4c5cc(C(C)(C)C)ccc5c5ccc(C(C)(C)C)cc54)c3-c3cccc(C#N)c3)c2c1. The van der Waals surface area contributed by atoms with Crippen molar-refractivity contribution in [2.75, 3.05) is 0 Å². The summed E-state index contributed by atoms with van der Waals surface area (Å²) in [6.07, 6.45) is 0. The molecular formula is C60H58N4. The van der Waals surface area contributed by atoms with Crippen LogP contribution >= 0.6 is 0 Å². The van der Waals surface area contributed by atoms with E-state index in [0.717, 1.165) is 55.7 Å². The molecule has 0 amide bonds. The van der Waals surface area contributed by atoms with Gasteiger partial charge in [-0.3, -0.25) is 0 Å². The van der Waals surface area contributed by atoms with Crippen LogP contribution in [-0.2, 0) is 21.7 Å². The molecule has 318 valence electrons. The summed E-state index contributed by atoms with van der Waals surface area (Å²) >= 11 is 0. The molecule has 64 heavy (non-hydrogen) atoms. The maximum atomic E-state index is 10.5. The first-order valence-electron chi connectivity index (χ1n) is 22.5. The minimum Gasteiger partial charge on any atom is -0.308 e. The van der Waals surface area contributed by atoms with Gasteiger partial charge in [-0.05, 0) is 121 Å². The minimum atomic E-state index is -0.0980. The molecule has 0 aliphatic carbocycles. The van der Waals surface area contributed by atoms with Crippen LogP contribution < -0.4 is 0 Å². The molecule has 0 saturated carbocycles. The van der Waals surface area contributed by atoms with Gasteiger partial charge in [0.15, 0.2) is 0 Å². The topological polar surface area (TPSA) is 57.4 Å². The number of benzene rings is 7. The smallest absolute Gasteiger partial charge is 0.0991 e. The first kappa shape index (κ1) is 42.4. The Morgan fingerprint density at radius 2 is 0.656 bits per heavy atom. The second-order valence-corrected chi connectivity index (χ2v) is 21.9. The summed E-state index contributed by atoms with van der Waals surface area (Å²) in [6.45, 7) is 27.3. The normalized spacial score (nSPS) is 12.7. The van der Waals surface area contributed by atoms with Gasteiger partial charge in [0, 0.05) is 27.1 Å². The van der Waals surface area contributed by atoms with Gasteiger partial charge in [-0.2, -0.15) is 10.5 Å². The van der Waals surface area contributed by atoms with Crippen molar-refractivity contribution in [2.45, 2.75) is 105 Å². The molecule has 0 saturated heterocycles. The second kappa shape index (κ2) is 14.9. The number of fused-ring (bicyclic) bond motifs is 6. The largest absolute Gasteiger partial charge is 0.308 e. The van der Waals surface area contributed by atoms with Gasteiger partial charge in [0.2, 0.25) is 0 Å². The van der Waals surface area contributed by atoms with Crippen LogP contribution in [0.5, 0.6) is 0 Å². The van der Waals surface area contributed by atoms with Crippen LogP contribution in [0.3, 0.4) is 0 Å². The molecule has 9 rings (SSSR count). The van der Waals surface area contributed by atoms with Gasteiger partial charge in [0.05, 0.1) is 56.7 Å². The van der Waals surface area contributed by atoms with E-state index >= 15 is 0 Å². The molecule has 0 N–H and O–H groups in total. The number of nitrogens with zero attached hydrogens (tertiary/aromatic N) is 4. The Morgan fingerprint density at radius 3 is 0.969 bits per heavy atom. The molecule has 0 atom stereocenters. The maximum Gasteiger partial charge on any atom is 0.0991 e. The number of rotatable bonds is 4. The quantitative estimate of drug-likeness (QED) is 0.177. The fourth-order valence-corrected chi connectivity index (χ4v) is 9.36. The lowest BCUT2D eigenvalue weighted by Crippen LogP contribution is -2.12. The van der Waals surface area contributed by atoms with E-state index in [9.17, 15) is 10.5 Å². The predicted molar refractivity (Wildman–Crippen MR) is 270 cm³/mol. The number of nitriles is 2. The monoisotopic (exact) mass is 834 g/mol. The van der Waals surface area contributed by atoms with Gasteiger partial charge in [0.1, 0.15) is 0 Å². The van der Waals surface area contributed by atoms with E-state index in [1.807, 2.05) is 36.4 Å². The van der Waals surface area contributed by atoms with Crippen LogP contribution in [0.1, 0.15) is 116 Å². The van der Waals surface area contributed by atoms with E-state index in [2.05, 4.69) is 201 Å². The van der Waals surface area contributed by atoms with Gasteiger partial charge in [0.25, 0.3) is 0 Å². The van der Waals surface area contributed by atoms with Gasteiger partial charge in [-0.1, -0.05) is 156 Å². The highest BCUT2D eigenvalue weighted by atomic mass is 15.0. The van der Waals surface area contributed by atoms with Crippen molar-refractivity contribution in [1.82, 2.24) is 9.13 Å². The highest BCUT2D eigenvalue weighted by molar-refractivity contribution is 6.13. The van der Waals surface area contributed by atoms with Crippen LogP contribution in [0, 0.1) is 22.7 Å². The number of hydrogen-bond donors (Lipinski definition) is 0. The van der Waals surface area contributed by atoms with Crippen molar-refractivity contribution >= 4 is 43.6 Å². The Labute approximate surface area is 379 Å². The zero-order valence-electron chi connectivity index (χ0n) is 39.5. The average Bonchev–Trinajstić information content (AvgIpc) is 3.76.